The van der Waals surface area contributed by atoms with Gasteiger partial charge in [0.2, 0.25) is 5.91 Å². The smallest absolute Gasteiger partial charge is 0.261 e. The highest BCUT2D eigenvalue weighted by Gasteiger charge is 2.34. The number of nitrogens with zero attached hydrogens (tertiary/aromatic N) is 2. The van der Waals surface area contributed by atoms with E-state index in [1.807, 2.05) is 6.92 Å². The van der Waals surface area contributed by atoms with Gasteiger partial charge in [-0.3, -0.25) is 14.4 Å². The molecule has 1 heterocycles. The Morgan fingerprint density at radius 3 is 2.46 bits per heavy atom. The molecule has 6 heteroatoms. The Morgan fingerprint density at radius 1 is 1.21 bits per heavy atom. The molecule has 0 aromatic heterocycles. The fraction of sp³-hybridized carbons (Fsp3) is 0.500. The Hall–Kier alpha value is -2.37. The number of hydrogen-bond acceptors (Lipinski definition) is 4. The van der Waals surface area contributed by atoms with E-state index in [1.165, 1.54) is 4.90 Å². The molecule has 1 unspecified atom stereocenters. The van der Waals surface area contributed by atoms with Gasteiger partial charge in [-0.25, -0.2) is 0 Å². The maximum absolute atomic E-state index is 12.4. The molecule has 0 N–H and O–H groups in total. The quantitative estimate of drug-likeness (QED) is 0.744. The van der Waals surface area contributed by atoms with Crippen LogP contribution in [0.15, 0.2) is 24.3 Å². The van der Waals surface area contributed by atoms with Crippen LogP contribution in [0.4, 0.5) is 0 Å². The van der Waals surface area contributed by atoms with Crippen LogP contribution in [-0.2, 0) is 9.59 Å². The molecular formula is C18H24N2O4. The van der Waals surface area contributed by atoms with E-state index in [0.717, 1.165) is 6.42 Å². The minimum Gasteiger partial charge on any atom is -0.484 e. The van der Waals surface area contributed by atoms with Crippen LogP contribution in [0, 0.1) is 0 Å². The lowest BCUT2D eigenvalue weighted by atomic mass is 10.1. The van der Waals surface area contributed by atoms with Gasteiger partial charge in [-0.2, -0.15) is 0 Å². The van der Waals surface area contributed by atoms with Crippen LogP contribution in [0.1, 0.15) is 36.5 Å². The van der Waals surface area contributed by atoms with E-state index in [2.05, 4.69) is 0 Å². The second-order valence-electron chi connectivity index (χ2n) is 6.07. The van der Waals surface area contributed by atoms with Crippen LogP contribution in [-0.4, -0.2) is 60.7 Å². The monoisotopic (exact) mass is 332 g/mol. The normalized spacial score (nSPS) is 16.8. The van der Waals surface area contributed by atoms with Crippen molar-refractivity contribution in [3.05, 3.63) is 29.8 Å². The van der Waals surface area contributed by atoms with E-state index < -0.39 is 0 Å². The number of likely N-dealkylation sites (N-methyl/N-ethyl adjacent to an activating group) is 1. The molecule has 1 aromatic carbocycles. The Labute approximate surface area is 142 Å². The maximum Gasteiger partial charge on any atom is 0.261 e. The first-order chi connectivity index (χ1) is 11.4. The highest BCUT2D eigenvalue weighted by molar-refractivity contribution is 5.95. The fourth-order valence-corrected chi connectivity index (χ4v) is 2.79. The Kier molecular flexibility index (Phi) is 5.95. The summed E-state index contributed by atoms with van der Waals surface area (Å²) in [6.45, 7) is 2.28. The Morgan fingerprint density at radius 2 is 1.88 bits per heavy atom. The van der Waals surface area contributed by atoms with Crippen LogP contribution < -0.4 is 4.74 Å². The van der Waals surface area contributed by atoms with E-state index in [-0.39, 0.29) is 30.2 Å². The molecule has 6 nitrogen and oxygen atoms in total. The average Bonchev–Trinajstić information content (AvgIpc) is 3.08. The van der Waals surface area contributed by atoms with Gasteiger partial charge in [0.1, 0.15) is 11.8 Å². The summed E-state index contributed by atoms with van der Waals surface area (Å²) < 4.78 is 5.51. The van der Waals surface area contributed by atoms with Gasteiger partial charge in [0.15, 0.2) is 12.4 Å². The predicted octanol–water partition coefficient (Wildman–Crippen LogP) is 1.74. The summed E-state index contributed by atoms with van der Waals surface area (Å²) >= 11 is 0. The van der Waals surface area contributed by atoms with Crippen LogP contribution in [0.25, 0.3) is 0 Å². The number of rotatable bonds is 6. The number of likely N-dealkylation sites (tertiary alicyclic amines) is 1. The van der Waals surface area contributed by atoms with Gasteiger partial charge in [0.25, 0.3) is 5.91 Å². The molecule has 0 radical (unpaired) electrons. The summed E-state index contributed by atoms with van der Waals surface area (Å²) in [7, 11) is 3.39. The van der Waals surface area contributed by atoms with Crippen molar-refractivity contribution in [2.45, 2.75) is 32.2 Å². The van der Waals surface area contributed by atoms with Crippen molar-refractivity contribution in [1.29, 1.82) is 0 Å². The lowest BCUT2D eigenvalue weighted by molar-refractivity contribution is -0.143. The third-order valence-electron chi connectivity index (χ3n) is 4.16. The molecule has 1 aliphatic rings. The third kappa shape index (κ3) is 4.13. The molecule has 1 fully saturated rings. The molecule has 1 aliphatic heterocycles. The fourth-order valence-electron chi connectivity index (χ4n) is 2.79. The molecule has 0 bridgehead atoms. The van der Waals surface area contributed by atoms with Crippen LogP contribution in [0.2, 0.25) is 0 Å². The second kappa shape index (κ2) is 7.95. The van der Waals surface area contributed by atoms with E-state index in [1.54, 1.807) is 43.3 Å². The molecule has 2 rings (SSSR count). The van der Waals surface area contributed by atoms with Crippen molar-refractivity contribution in [3.63, 3.8) is 0 Å². The maximum atomic E-state index is 12.4. The topological polar surface area (TPSA) is 66.9 Å². The zero-order valence-corrected chi connectivity index (χ0v) is 14.4. The SMILES string of the molecule is CCC(=O)c1ccc(OCC(=O)N2CCCC2C(=O)N(C)C)cc1. The van der Waals surface area contributed by atoms with Crippen molar-refractivity contribution < 1.29 is 19.1 Å². The first kappa shape index (κ1) is 18.0. The van der Waals surface area contributed by atoms with Gasteiger partial charge in [0, 0.05) is 32.6 Å². The first-order valence-electron chi connectivity index (χ1n) is 8.20. The summed E-state index contributed by atoms with van der Waals surface area (Å²) in [5.74, 6) is 0.357. The number of carbonyl (C=O) groups is 3. The number of ketones is 1. The molecular weight excluding hydrogens is 308 g/mol. The van der Waals surface area contributed by atoms with Gasteiger partial charge in [-0.15, -0.1) is 0 Å². The van der Waals surface area contributed by atoms with E-state index in [9.17, 15) is 14.4 Å². The summed E-state index contributed by atoms with van der Waals surface area (Å²) in [6, 6.07) is 6.37. The zero-order chi connectivity index (χ0) is 17.7. The van der Waals surface area contributed by atoms with Crippen molar-refractivity contribution in [1.82, 2.24) is 9.80 Å². The molecule has 1 saturated heterocycles. The predicted molar refractivity (Wildman–Crippen MR) is 90.0 cm³/mol. The van der Waals surface area contributed by atoms with Gasteiger partial charge >= 0.3 is 0 Å². The number of benzene rings is 1. The highest BCUT2D eigenvalue weighted by atomic mass is 16.5. The van der Waals surface area contributed by atoms with Crippen molar-refractivity contribution >= 4 is 17.6 Å². The molecule has 0 saturated carbocycles. The average molecular weight is 332 g/mol. The molecule has 1 aromatic rings. The summed E-state index contributed by atoms with van der Waals surface area (Å²) in [6.07, 6.45) is 1.97. The minimum atomic E-state index is -0.388. The summed E-state index contributed by atoms with van der Waals surface area (Å²) in [4.78, 5) is 39.2. The molecule has 2 amide bonds. The minimum absolute atomic E-state index is 0.0525. The van der Waals surface area contributed by atoms with Gasteiger partial charge in [-0.1, -0.05) is 6.92 Å². The van der Waals surface area contributed by atoms with E-state index in [4.69, 9.17) is 4.74 Å². The van der Waals surface area contributed by atoms with E-state index in [0.29, 0.717) is 30.7 Å². The van der Waals surface area contributed by atoms with Crippen molar-refractivity contribution in [2.75, 3.05) is 27.2 Å². The summed E-state index contributed by atoms with van der Waals surface area (Å²) in [5, 5.41) is 0. The zero-order valence-electron chi connectivity index (χ0n) is 14.4. The standard InChI is InChI=1S/C18H24N2O4/c1-4-16(21)13-7-9-14(10-8-13)24-12-17(22)20-11-5-6-15(20)18(23)19(2)3/h7-10,15H,4-6,11-12H2,1-3H3. The summed E-state index contributed by atoms with van der Waals surface area (Å²) in [5.41, 5.74) is 0.632. The molecule has 24 heavy (non-hydrogen) atoms. The molecule has 0 aliphatic carbocycles. The van der Waals surface area contributed by atoms with Crippen molar-refractivity contribution in [2.24, 2.45) is 0 Å². The van der Waals surface area contributed by atoms with Crippen LogP contribution in [0.5, 0.6) is 5.75 Å². The second-order valence-corrected chi connectivity index (χ2v) is 6.07. The lowest BCUT2D eigenvalue weighted by Crippen LogP contribution is -2.46. The van der Waals surface area contributed by atoms with E-state index >= 15 is 0 Å². The number of Topliss-reactive ketones (excluding diaryl/α,β-unsaturated/α-hetero) is 1. The number of amides is 2. The van der Waals surface area contributed by atoms with Crippen LogP contribution >= 0.6 is 0 Å². The number of ether oxygens (including phenoxy) is 1. The van der Waals surface area contributed by atoms with Gasteiger partial charge in [-0.05, 0) is 37.1 Å². The Balaban J connectivity index is 1.93. The molecule has 0 spiro atoms. The number of carbonyl (C=O) groups excluding carboxylic acids is 3. The van der Waals surface area contributed by atoms with Crippen LogP contribution in [0.3, 0.4) is 0 Å². The van der Waals surface area contributed by atoms with Gasteiger partial charge < -0.3 is 14.5 Å². The van der Waals surface area contributed by atoms with Crippen molar-refractivity contribution in [3.8, 4) is 5.75 Å². The van der Waals surface area contributed by atoms with Gasteiger partial charge in [0.05, 0.1) is 0 Å². The highest BCUT2D eigenvalue weighted by Crippen LogP contribution is 2.20. The Bertz CT molecular complexity index is 610. The third-order valence-corrected chi connectivity index (χ3v) is 4.16. The molecule has 130 valence electrons. The first-order valence-corrected chi connectivity index (χ1v) is 8.20. The number of hydrogen-bond donors (Lipinski definition) is 0. The molecule has 1 atom stereocenters. The largest absolute Gasteiger partial charge is 0.484 e. The lowest BCUT2D eigenvalue weighted by Gasteiger charge is -2.26.